The third-order valence-corrected chi connectivity index (χ3v) is 2.28. The molecule has 0 radical (unpaired) electrons. The van der Waals surface area contributed by atoms with Gasteiger partial charge in [0.05, 0.1) is 19.3 Å². The van der Waals surface area contributed by atoms with E-state index in [0.717, 1.165) is 13.0 Å². The predicted octanol–water partition coefficient (Wildman–Crippen LogP) is -0.726. The van der Waals surface area contributed by atoms with Crippen LogP contribution in [0.3, 0.4) is 0 Å². The number of rotatable bonds is 4. The Kier molecular flexibility index (Phi) is 4.31. The number of carbonyl (C=O) groups excluding carboxylic acids is 1. The summed E-state index contributed by atoms with van der Waals surface area (Å²) < 4.78 is 10.1. The molecule has 5 nitrogen and oxygen atoms in total. The summed E-state index contributed by atoms with van der Waals surface area (Å²) in [4.78, 5) is 11.2. The van der Waals surface area contributed by atoms with Gasteiger partial charge in [-0.15, -0.1) is 0 Å². The van der Waals surface area contributed by atoms with Crippen LogP contribution >= 0.6 is 0 Å². The van der Waals surface area contributed by atoms with Gasteiger partial charge < -0.3 is 20.3 Å². The second-order valence-corrected chi connectivity index (χ2v) is 3.63. The van der Waals surface area contributed by atoms with E-state index in [9.17, 15) is 4.79 Å². The van der Waals surface area contributed by atoms with E-state index >= 15 is 0 Å². The molecule has 0 aromatic heterocycles. The first kappa shape index (κ1) is 11.4. The first-order valence-electron chi connectivity index (χ1n) is 4.79. The van der Waals surface area contributed by atoms with Crippen molar-refractivity contribution in [2.24, 2.45) is 11.7 Å². The molecular weight excluding hydrogens is 186 g/mol. The molecule has 82 valence electrons. The number of nitrogens with two attached hydrogens (primary N) is 1. The van der Waals surface area contributed by atoms with Crippen LogP contribution in [0.1, 0.15) is 13.3 Å². The van der Waals surface area contributed by atoms with E-state index in [1.54, 1.807) is 0 Å². The number of ether oxygens (including phenoxy) is 2. The Balaban J connectivity index is 2.19. The van der Waals surface area contributed by atoms with Crippen molar-refractivity contribution in [2.75, 3.05) is 19.8 Å². The number of aliphatic hydroxyl groups excluding tert-OH is 1. The van der Waals surface area contributed by atoms with Crippen molar-refractivity contribution in [3.63, 3.8) is 0 Å². The van der Waals surface area contributed by atoms with E-state index in [4.69, 9.17) is 20.3 Å². The zero-order valence-corrected chi connectivity index (χ0v) is 8.31. The minimum Gasteiger partial charge on any atom is -0.464 e. The normalized spacial score (nSPS) is 25.8. The fourth-order valence-corrected chi connectivity index (χ4v) is 1.21. The van der Waals surface area contributed by atoms with Crippen molar-refractivity contribution < 1.29 is 19.4 Å². The van der Waals surface area contributed by atoms with E-state index in [-0.39, 0.29) is 5.92 Å². The molecule has 0 saturated carbocycles. The van der Waals surface area contributed by atoms with Crippen LogP contribution in [0.15, 0.2) is 0 Å². The minimum atomic E-state index is -0.947. The van der Waals surface area contributed by atoms with Gasteiger partial charge in [0.1, 0.15) is 6.04 Å². The smallest absolute Gasteiger partial charge is 0.325 e. The maximum absolute atomic E-state index is 11.2. The average Bonchev–Trinajstić information content (AvgIpc) is 2.65. The Morgan fingerprint density at radius 3 is 3.00 bits per heavy atom. The maximum atomic E-state index is 11.2. The van der Waals surface area contributed by atoms with Crippen LogP contribution in [0, 0.1) is 5.92 Å². The number of hydrogen-bond donors (Lipinski definition) is 2. The maximum Gasteiger partial charge on any atom is 0.325 e. The highest BCUT2D eigenvalue weighted by Gasteiger charge is 2.23. The van der Waals surface area contributed by atoms with E-state index < -0.39 is 18.1 Å². The van der Waals surface area contributed by atoms with Crippen molar-refractivity contribution in [1.82, 2.24) is 0 Å². The van der Waals surface area contributed by atoms with Gasteiger partial charge in [-0.3, -0.25) is 4.79 Å². The van der Waals surface area contributed by atoms with Crippen LogP contribution in [0.4, 0.5) is 0 Å². The molecule has 0 aromatic rings. The van der Waals surface area contributed by atoms with Gasteiger partial charge in [-0.05, 0) is 13.3 Å². The topological polar surface area (TPSA) is 81.8 Å². The molecule has 14 heavy (non-hydrogen) atoms. The Morgan fingerprint density at radius 2 is 2.50 bits per heavy atom. The molecule has 1 rings (SSSR count). The van der Waals surface area contributed by atoms with E-state index in [0.29, 0.717) is 13.2 Å². The Morgan fingerprint density at radius 1 is 1.79 bits per heavy atom. The molecule has 1 fully saturated rings. The lowest BCUT2D eigenvalue weighted by atomic mass is 10.1. The first-order valence-corrected chi connectivity index (χ1v) is 4.79. The van der Waals surface area contributed by atoms with Gasteiger partial charge in [0.25, 0.3) is 0 Å². The lowest BCUT2D eigenvalue weighted by Gasteiger charge is -2.15. The minimum absolute atomic E-state index is 0.278. The van der Waals surface area contributed by atoms with E-state index in [2.05, 4.69) is 0 Å². The summed E-state index contributed by atoms with van der Waals surface area (Å²) in [6.45, 7) is 3.16. The van der Waals surface area contributed by atoms with Crippen molar-refractivity contribution in [3.8, 4) is 0 Å². The molecule has 5 heteroatoms. The molecule has 0 aromatic carbocycles. The molecule has 0 amide bonds. The van der Waals surface area contributed by atoms with Crippen molar-refractivity contribution in [1.29, 1.82) is 0 Å². The van der Waals surface area contributed by atoms with Crippen LogP contribution in [-0.2, 0) is 14.3 Å². The van der Waals surface area contributed by atoms with Crippen molar-refractivity contribution >= 4 is 5.97 Å². The molecule has 3 atom stereocenters. The molecule has 0 spiro atoms. The zero-order chi connectivity index (χ0) is 10.6. The average molecular weight is 203 g/mol. The molecule has 0 aliphatic carbocycles. The largest absolute Gasteiger partial charge is 0.464 e. The Bertz CT molecular complexity index is 189. The summed E-state index contributed by atoms with van der Waals surface area (Å²) in [6.07, 6.45) is 0.0410. The predicted molar refractivity (Wildman–Crippen MR) is 49.5 cm³/mol. The molecule has 3 unspecified atom stereocenters. The van der Waals surface area contributed by atoms with Gasteiger partial charge >= 0.3 is 5.97 Å². The Labute approximate surface area is 83.2 Å². The van der Waals surface area contributed by atoms with Gasteiger partial charge in [0.2, 0.25) is 0 Å². The summed E-state index contributed by atoms with van der Waals surface area (Å²) in [5.41, 5.74) is 5.39. The van der Waals surface area contributed by atoms with Crippen LogP contribution < -0.4 is 5.73 Å². The third kappa shape index (κ3) is 3.25. The lowest BCUT2D eigenvalue weighted by molar-refractivity contribution is -0.149. The Hall–Kier alpha value is -0.650. The number of hydrogen-bond acceptors (Lipinski definition) is 5. The van der Waals surface area contributed by atoms with Gasteiger partial charge in [-0.2, -0.15) is 0 Å². The summed E-state index contributed by atoms with van der Waals surface area (Å²) in [5.74, 6) is -0.271. The van der Waals surface area contributed by atoms with Crippen LogP contribution in [-0.4, -0.2) is 43.0 Å². The summed E-state index contributed by atoms with van der Waals surface area (Å²) in [7, 11) is 0. The van der Waals surface area contributed by atoms with Gasteiger partial charge in [-0.25, -0.2) is 0 Å². The molecule has 3 N–H and O–H groups in total. The highest BCUT2D eigenvalue weighted by Crippen LogP contribution is 2.12. The summed E-state index contributed by atoms with van der Waals surface area (Å²) in [6, 6.07) is -0.947. The standard InChI is InChI=1S/C9H17NO4/c1-6(11)8(10)9(12)14-5-7-2-3-13-4-7/h6-8,11H,2-5,10H2,1H3. The molecule has 1 saturated heterocycles. The second kappa shape index (κ2) is 5.29. The number of carbonyl (C=O) groups is 1. The molecule has 0 bridgehead atoms. The highest BCUT2D eigenvalue weighted by molar-refractivity contribution is 5.76. The van der Waals surface area contributed by atoms with Crippen molar-refractivity contribution in [2.45, 2.75) is 25.5 Å². The quantitative estimate of drug-likeness (QED) is 0.589. The monoisotopic (exact) mass is 203 g/mol. The van der Waals surface area contributed by atoms with E-state index in [1.165, 1.54) is 6.92 Å². The molecular formula is C9H17NO4. The van der Waals surface area contributed by atoms with Crippen LogP contribution in [0.5, 0.6) is 0 Å². The highest BCUT2D eigenvalue weighted by atomic mass is 16.5. The molecule has 1 heterocycles. The van der Waals surface area contributed by atoms with Gasteiger partial charge in [-0.1, -0.05) is 0 Å². The van der Waals surface area contributed by atoms with Crippen LogP contribution in [0.2, 0.25) is 0 Å². The van der Waals surface area contributed by atoms with Gasteiger partial charge in [0, 0.05) is 12.5 Å². The molecule has 1 aliphatic rings. The van der Waals surface area contributed by atoms with Gasteiger partial charge in [0.15, 0.2) is 0 Å². The summed E-state index contributed by atoms with van der Waals surface area (Å²) >= 11 is 0. The SMILES string of the molecule is CC(O)C(N)C(=O)OCC1CCOC1. The van der Waals surface area contributed by atoms with Crippen molar-refractivity contribution in [3.05, 3.63) is 0 Å². The van der Waals surface area contributed by atoms with E-state index in [1.807, 2.05) is 0 Å². The number of esters is 1. The number of aliphatic hydroxyl groups is 1. The lowest BCUT2D eigenvalue weighted by Crippen LogP contribution is -2.41. The summed E-state index contributed by atoms with van der Waals surface area (Å²) in [5, 5.41) is 9.03. The third-order valence-electron chi connectivity index (χ3n) is 2.28. The fraction of sp³-hybridized carbons (Fsp3) is 0.889. The van der Waals surface area contributed by atoms with Crippen LogP contribution in [0.25, 0.3) is 0 Å². The second-order valence-electron chi connectivity index (χ2n) is 3.63. The zero-order valence-electron chi connectivity index (χ0n) is 8.31. The first-order chi connectivity index (χ1) is 6.61. The fourth-order valence-electron chi connectivity index (χ4n) is 1.21. The molecule has 1 aliphatic heterocycles.